The van der Waals surface area contributed by atoms with Gasteiger partial charge in [0.2, 0.25) is 0 Å². The molecule has 2 atom stereocenters. The van der Waals surface area contributed by atoms with Gasteiger partial charge in [-0.05, 0) is 40.9 Å². The van der Waals surface area contributed by atoms with Gasteiger partial charge in [0.15, 0.2) is 17.3 Å². The molecule has 2 rings (SSSR count). The van der Waals surface area contributed by atoms with Crippen LogP contribution < -0.4 is 9.47 Å². The second-order valence-electron chi connectivity index (χ2n) is 4.76. The first kappa shape index (κ1) is 15.3. The normalized spacial score (nSPS) is 21.8. The molecule has 1 fully saturated rings. The highest BCUT2D eigenvalue weighted by atomic mass is 79.9. The number of rotatable bonds is 5. The number of ketones is 1. The summed E-state index contributed by atoms with van der Waals surface area (Å²) in [6, 6.07) is 3.50. The van der Waals surface area contributed by atoms with E-state index < -0.39 is 0 Å². The maximum absolute atomic E-state index is 12.7. The van der Waals surface area contributed by atoms with Gasteiger partial charge in [-0.2, -0.15) is 0 Å². The van der Waals surface area contributed by atoms with Crippen molar-refractivity contribution >= 4 is 21.7 Å². The summed E-state index contributed by atoms with van der Waals surface area (Å²) in [5.41, 5.74) is 0.622. The van der Waals surface area contributed by atoms with Crippen LogP contribution in [0, 0.1) is 5.92 Å². The lowest BCUT2D eigenvalue weighted by Crippen LogP contribution is -2.24. The van der Waals surface area contributed by atoms with Gasteiger partial charge in [-0.1, -0.05) is 6.92 Å². The molecule has 0 aliphatic carbocycles. The van der Waals surface area contributed by atoms with E-state index in [1.165, 1.54) is 0 Å². The zero-order chi connectivity index (χ0) is 14.7. The highest BCUT2D eigenvalue weighted by Crippen LogP contribution is 2.36. The Morgan fingerprint density at radius 2 is 2.00 bits per heavy atom. The second-order valence-corrected chi connectivity index (χ2v) is 5.62. The molecule has 1 aromatic rings. The van der Waals surface area contributed by atoms with Crippen molar-refractivity contribution in [1.82, 2.24) is 0 Å². The molecule has 4 nitrogen and oxygen atoms in total. The van der Waals surface area contributed by atoms with Crippen LogP contribution in [0.1, 0.15) is 30.1 Å². The molecule has 0 bridgehead atoms. The summed E-state index contributed by atoms with van der Waals surface area (Å²) in [6.07, 6.45) is 1.64. The number of carbonyl (C=O) groups excluding carboxylic acids is 1. The van der Waals surface area contributed by atoms with E-state index in [0.29, 0.717) is 23.7 Å². The summed E-state index contributed by atoms with van der Waals surface area (Å²) >= 11 is 3.44. The van der Waals surface area contributed by atoms with Gasteiger partial charge < -0.3 is 14.2 Å². The van der Waals surface area contributed by atoms with Crippen molar-refractivity contribution in [2.24, 2.45) is 5.92 Å². The van der Waals surface area contributed by atoms with E-state index in [0.717, 1.165) is 17.3 Å². The highest BCUT2D eigenvalue weighted by Gasteiger charge is 2.34. The average molecular weight is 343 g/mol. The fourth-order valence-corrected chi connectivity index (χ4v) is 3.11. The Kier molecular flexibility index (Phi) is 5.05. The molecule has 1 aromatic carbocycles. The van der Waals surface area contributed by atoms with Crippen LogP contribution in [-0.4, -0.2) is 32.7 Å². The predicted molar refractivity (Wildman–Crippen MR) is 79.7 cm³/mol. The van der Waals surface area contributed by atoms with E-state index in [-0.39, 0.29) is 17.8 Å². The van der Waals surface area contributed by atoms with E-state index in [1.54, 1.807) is 26.4 Å². The molecule has 0 saturated carbocycles. The van der Waals surface area contributed by atoms with Crippen molar-refractivity contribution < 1.29 is 19.0 Å². The quantitative estimate of drug-likeness (QED) is 0.768. The minimum absolute atomic E-state index is 0.0162. The van der Waals surface area contributed by atoms with Crippen LogP contribution in [0.4, 0.5) is 0 Å². The maximum Gasteiger partial charge on any atom is 0.169 e. The molecule has 1 aliphatic rings. The van der Waals surface area contributed by atoms with Crippen molar-refractivity contribution in [2.45, 2.75) is 25.9 Å². The third kappa shape index (κ3) is 2.83. The van der Waals surface area contributed by atoms with Crippen LogP contribution in [0.3, 0.4) is 0 Å². The third-order valence-electron chi connectivity index (χ3n) is 3.69. The summed E-state index contributed by atoms with van der Waals surface area (Å²) in [7, 11) is 3.14. The lowest BCUT2D eigenvalue weighted by molar-refractivity contribution is 0.0688. The van der Waals surface area contributed by atoms with Crippen LogP contribution in [0.25, 0.3) is 0 Å². The van der Waals surface area contributed by atoms with Gasteiger partial charge in [0.05, 0.1) is 26.2 Å². The molecule has 110 valence electrons. The second kappa shape index (κ2) is 6.59. The van der Waals surface area contributed by atoms with Gasteiger partial charge in [-0.25, -0.2) is 0 Å². The Balaban J connectivity index is 2.34. The fraction of sp³-hybridized carbons (Fsp3) is 0.533. The molecular weight excluding hydrogens is 324 g/mol. The lowest BCUT2D eigenvalue weighted by Gasteiger charge is -2.17. The number of hydrogen-bond acceptors (Lipinski definition) is 4. The minimum Gasteiger partial charge on any atom is -0.493 e. The number of Topliss-reactive ketones (excluding diaryl/α,β-unsaturated/α-hetero) is 1. The summed E-state index contributed by atoms with van der Waals surface area (Å²) in [6.45, 7) is 2.69. The first-order chi connectivity index (χ1) is 9.62. The molecule has 2 unspecified atom stereocenters. The monoisotopic (exact) mass is 342 g/mol. The topological polar surface area (TPSA) is 44.8 Å². The van der Waals surface area contributed by atoms with Crippen molar-refractivity contribution in [3.8, 4) is 11.5 Å². The molecule has 1 heterocycles. The number of carbonyl (C=O) groups is 1. The van der Waals surface area contributed by atoms with Crippen LogP contribution in [0.5, 0.6) is 11.5 Å². The Labute approximate surface area is 127 Å². The fourth-order valence-electron chi connectivity index (χ4n) is 2.59. The summed E-state index contributed by atoms with van der Waals surface area (Å²) < 4.78 is 16.8. The van der Waals surface area contributed by atoms with Crippen LogP contribution >= 0.6 is 15.9 Å². The standard InChI is InChI=1S/C15H19BrO4/c1-4-12-9(5-6-20-12)15(17)10-7-13(18-2)14(19-3)8-11(10)16/h7-9,12H,4-6H2,1-3H3. The first-order valence-electron chi connectivity index (χ1n) is 6.69. The number of ether oxygens (including phenoxy) is 3. The highest BCUT2D eigenvalue weighted by molar-refractivity contribution is 9.10. The number of hydrogen-bond donors (Lipinski definition) is 0. The van der Waals surface area contributed by atoms with Gasteiger partial charge in [0, 0.05) is 16.6 Å². The van der Waals surface area contributed by atoms with Gasteiger partial charge in [0.25, 0.3) is 0 Å². The zero-order valence-corrected chi connectivity index (χ0v) is 13.5. The number of methoxy groups -OCH3 is 2. The van der Waals surface area contributed by atoms with E-state index in [1.807, 2.05) is 6.92 Å². The molecule has 0 N–H and O–H groups in total. The molecule has 0 amide bonds. The van der Waals surface area contributed by atoms with E-state index in [9.17, 15) is 4.79 Å². The Hall–Kier alpha value is -1.07. The maximum atomic E-state index is 12.7. The zero-order valence-electron chi connectivity index (χ0n) is 11.9. The Morgan fingerprint density at radius 3 is 2.60 bits per heavy atom. The molecule has 0 radical (unpaired) electrons. The van der Waals surface area contributed by atoms with E-state index in [2.05, 4.69) is 15.9 Å². The predicted octanol–water partition coefficient (Wildman–Crippen LogP) is 3.46. The first-order valence-corrected chi connectivity index (χ1v) is 7.49. The van der Waals surface area contributed by atoms with Crippen molar-refractivity contribution in [3.63, 3.8) is 0 Å². The van der Waals surface area contributed by atoms with Gasteiger partial charge in [-0.3, -0.25) is 4.79 Å². The molecule has 1 saturated heterocycles. The molecule has 5 heteroatoms. The van der Waals surface area contributed by atoms with Gasteiger partial charge in [-0.15, -0.1) is 0 Å². The molecular formula is C15H19BrO4. The SMILES string of the molecule is CCC1OCCC1C(=O)c1cc(OC)c(OC)cc1Br. The smallest absolute Gasteiger partial charge is 0.169 e. The Bertz CT molecular complexity index is 501. The summed E-state index contributed by atoms with van der Waals surface area (Å²) in [5.74, 6) is 1.19. The largest absolute Gasteiger partial charge is 0.493 e. The van der Waals surface area contributed by atoms with Gasteiger partial charge >= 0.3 is 0 Å². The van der Waals surface area contributed by atoms with Crippen LogP contribution in [0.2, 0.25) is 0 Å². The molecule has 0 spiro atoms. The van der Waals surface area contributed by atoms with E-state index in [4.69, 9.17) is 14.2 Å². The molecule has 20 heavy (non-hydrogen) atoms. The number of benzene rings is 1. The van der Waals surface area contributed by atoms with Crippen LogP contribution in [-0.2, 0) is 4.74 Å². The minimum atomic E-state index is -0.0746. The van der Waals surface area contributed by atoms with Crippen LogP contribution in [0.15, 0.2) is 16.6 Å². The van der Waals surface area contributed by atoms with E-state index >= 15 is 0 Å². The number of halogens is 1. The third-order valence-corrected chi connectivity index (χ3v) is 4.34. The van der Waals surface area contributed by atoms with Gasteiger partial charge in [0.1, 0.15) is 0 Å². The lowest BCUT2D eigenvalue weighted by atomic mass is 9.90. The molecule has 1 aliphatic heterocycles. The summed E-state index contributed by atoms with van der Waals surface area (Å²) in [4.78, 5) is 12.7. The van der Waals surface area contributed by atoms with Crippen molar-refractivity contribution in [2.75, 3.05) is 20.8 Å². The molecule has 0 aromatic heterocycles. The average Bonchev–Trinajstić information content (AvgIpc) is 2.94. The van der Waals surface area contributed by atoms with Crippen molar-refractivity contribution in [1.29, 1.82) is 0 Å². The Morgan fingerprint density at radius 1 is 1.35 bits per heavy atom. The van der Waals surface area contributed by atoms with Crippen molar-refractivity contribution in [3.05, 3.63) is 22.2 Å². The summed E-state index contributed by atoms with van der Waals surface area (Å²) in [5, 5.41) is 0.